The highest BCUT2D eigenvalue weighted by atomic mass is 19.1. The zero-order valence-electron chi connectivity index (χ0n) is 5.86. The van der Waals surface area contributed by atoms with Gasteiger partial charge in [-0.1, -0.05) is 6.92 Å². The fraction of sp³-hybridized carbons (Fsp3) is 1.00. The normalized spacial score (nSPS) is 30.7. The van der Waals surface area contributed by atoms with Crippen LogP contribution >= 0.6 is 0 Å². The summed E-state index contributed by atoms with van der Waals surface area (Å²) in [4.78, 5) is 0. The third kappa shape index (κ3) is 1.65. The summed E-state index contributed by atoms with van der Waals surface area (Å²) in [5.41, 5.74) is 0. The molecule has 1 heterocycles. The maximum Gasteiger partial charge on any atom is 0.115 e. The largest absolute Gasteiger partial charge is 0.311 e. The van der Waals surface area contributed by atoms with Crippen LogP contribution in [-0.2, 0) is 0 Å². The van der Waals surface area contributed by atoms with Gasteiger partial charge in [0.05, 0.1) is 0 Å². The quantitative estimate of drug-likeness (QED) is 0.598. The van der Waals surface area contributed by atoms with Crippen molar-refractivity contribution in [3.63, 3.8) is 0 Å². The van der Waals surface area contributed by atoms with Gasteiger partial charge in [0.1, 0.15) is 6.17 Å². The lowest BCUT2D eigenvalue weighted by Crippen LogP contribution is -2.31. The minimum atomic E-state index is -0.618. The average molecular weight is 131 g/mol. The molecule has 1 N–H and O–H groups in total. The minimum Gasteiger partial charge on any atom is -0.311 e. The molecule has 54 valence electrons. The Labute approximate surface area is 55.6 Å². The number of halogens is 1. The molecule has 1 rings (SSSR count). The molecule has 2 heteroatoms. The molecule has 0 spiro atoms. The Morgan fingerprint density at radius 1 is 1.78 bits per heavy atom. The van der Waals surface area contributed by atoms with Crippen molar-refractivity contribution in [3.8, 4) is 0 Å². The van der Waals surface area contributed by atoms with Crippen molar-refractivity contribution in [3.05, 3.63) is 0 Å². The molecule has 9 heavy (non-hydrogen) atoms. The third-order valence-corrected chi connectivity index (χ3v) is 1.93. The topological polar surface area (TPSA) is 12.0 Å². The summed E-state index contributed by atoms with van der Waals surface area (Å²) in [5, 5.41) is 3.13. The molecule has 0 aromatic rings. The van der Waals surface area contributed by atoms with Crippen LogP contribution in [0.15, 0.2) is 0 Å². The van der Waals surface area contributed by atoms with E-state index in [9.17, 15) is 4.39 Å². The molecule has 0 aromatic heterocycles. The highest BCUT2D eigenvalue weighted by Gasteiger charge is 2.21. The zero-order valence-corrected chi connectivity index (χ0v) is 5.86. The van der Waals surface area contributed by atoms with Gasteiger partial charge in [-0.25, -0.2) is 4.39 Å². The predicted molar refractivity (Wildman–Crippen MR) is 36.2 cm³/mol. The van der Waals surface area contributed by atoms with Crippen molar-refractivity contribution in [2.24, 2.45) is 0 Å². The van der Waals surface area contributed by atoms with Gasteiger partial charge < -0.3 is 5.32 Å². The van der Waals surface area contributed by atoms with Crippen LogP contribution in [0.3, 0.4) is 0 Å². The number of rotatable bonds is 2. The average Bonchev–Trinajstić information content (AvgIpc) is 2.37. The Kier molecular flexibility index (Phi) is 2.46. The van der Waals surface area contributed by atoms with Gasteiger partial charge in [0.15, 0.2) is 0 Å². The van der Waals surface area contributed by atoms with E-state index in [1.165, 1.54) is 0 Å². The second kappa shape index (κ2) is 3.16. The highest BCUT2D eigenvalue weighted by Crippen LogP contribution is 2.13. The molecule has 0 saturated carbocycles. The molecule has 0 radical (unpaired) electrons. The minimum absolute atomic E-state index is 0.162. The van der Waals surface area contributed by atoms with Crippen molar-refractivity contribution in [1.82, 2.24) is 5.32 Å². The van der Waals surface area contributed by atoms with Gasteiger partial charge in [-0.3, -0.25) is 0 Å². The first-order valence-electron chi connectivity index (χ1n) is 3.72. The van der Waals surface area contributed by atoms with E-state index in [4.69, 9.17) is 0 Å². The first-order valence-corrected chi connectivity index (χ1v) is 3.72. The Hall–Kier alpha value is -0.110. The standard InChI is InChI=1S/C7H14FN/c1-2-6(8)7-4-3-5-9-7/h6-7,9H,2-5H2,1H3/t6-,7-/m0/s1. The van der Waals surface area contributed by atoms with Crippen molar-refractivity contribution in [1.29, 1.82) is 0 Å². The molecule has 1 aliphatic rings. The second-order valence-electron chi connectivity index (χ2n) is 2.63. The maximum atomic E-state index is 12.8. The lowest BCUT2D eigenvalue weighted by atomic mass is 10.1. The van der Waals surface area contributed by atoms with Crippen LogP contribution in [0, 0.1) is 0 Å². The van der Waals surface area contributed by atoms with Gasteiger partial charge in [-0.05, 0) is 25.8 Å². The van der Waals surface area contributed by atoms with E-state index in [1.807, 2.05) is 6.92 Å². The van der Waals surface area contributed by atoms with Crippen LogP contribution in [0.5, 0.6) is 0 Å². The summed E-state index contributed by atoms with van der Waals surface area (Å²) in [6, 6.07) is 0.162. The van der Waals surface area contributed by atoms with Crippen molar-refractivity contribution in [2.45, 2.75) is 38.4 Å². The Balaban J connectivity index is 2.24. The van der Waals surface area contributed by atoms with Crippen molar-refractivity contribution in [2.75, 3.05) is 6.54 Å². The lowest BCUT2D eigenvalue weighted by Gasteiger charge is -2.12. The van der Waals surface area contributed by atoms with E-state index < -0.39 is 6.17 Å². The predicted octanol–water partition coefficient (Wildman–Crippen LogP) is 1.49. The molecule has 0 amide bonds. The molecule has 1 nitrogen and oxygen atoms in total. The first-order chi connectivity index (χ1) is 4.34. The molecule has 1 saturated heterocycles. The van der Waals surface area contributed by atoms with Crippen molar-refractivity contribution >= 4 is 0 Å². The molecular weight excluding hydrogens is 117 g/mol. The number of hydrogen-bond acceptors (Lipinski definition) is 1. The van der Waals surface area contributed by atoms with Crippen LogP contribution in [0.2, 0.25) is 0 Å². The van der Waals surface area contributed by atoms with Gasteiger partial charge >= 0.3 is 0 Å². The lowest BCUT2D eigenvalue weighted by molar-refractivity contribution is 0.258. The maximum absolute atomic E-state index is 12.8. The Bertz CT molecular complexity index is 79.0. The van der Waals surface area contributed by atoms with E-state index in [2.05, 4.69) is 5.32 Å². The molecule has 0 unspecified atom stereocenters. The van der Waals surface area contributed by atoms with E-state index in [0.717, 1.165) is 19.4 Å². The van der Waals surface area contributed by atoms with Gasteiger partial charge in [0.25, 0.3) is 0 Å². The summed E-state index contributed by atoms with van der Waals surface area (Å²) in [7, 11) is 0. The molecule has 2 atom stereocenters. The van der Waals surface area contributed by atoms with Crippen LogP contribution in [0.25, 0.3) is 0 Å². The number of hydrogen-bond donors (Lipinski definition) is 1. The van der Waals surface area contributed by atoms with E-state index in [1.54, 1.807) is 0 Å². The summed E-state index contributed by atoms with van der Waals surface area (Å²) >= 11 is 0. The molecular formula is C7H14FN. The van der Waals surface area contributed by atoms with E-state index in [-0.39, 0.29) is 6.04 Å². The zero-order chi connectivity index (χ0) is 6.69. The van der Waals surface area contributed by atoms with Crippen LogP contribution in [0.1, 0.15) is 26.2 Å². The third-order valence-electron chi connectivity index (χ3n) is 1.93. The van der Waals surface area contributed by atoms with Crippen LogP contribution < -0.4 is 5.32 Å². The Morgan fingerprint density at radius 3 is 3.00 bits per heavy atom. The molecule has 0 aromatic carbocycles. The van der Waals surface area contributed by atoms with E-state index in [0.29, 0.717) is 6.42 Å². The summed E-state index contributed by atoms with van der Waals surface area (Å²) < 4.78 is 12.8. The Morgan fingerprint density at radius 2 is 2.56 bits per heavy atom. The fourth-order valence-corrected chi connectivity index (χ4v) is 1.30. The SMILES string of the molecule is CC[C@H](F)[C@@H]1CCCN1. The summed E-state index contributed by atoms with van der Waals surface area (Å²) in [5.74, 6) is 0. The van der Waals surface area contributed by atoms with Gasteiger partial charge in [-0.2, -0.15) is 0 Å². The monoisotopic (exact) mass is 131 g/mol. The van der Waals surface area contributed by atoms with Gasteiger partial charge in [0.2, 0.25) is 0 Å². The summed E-state index contributed by atoms with van der Waals surface area (Å²) in [6.45, 7) is 2.90. The molecule has 1 aliphatic heterocycles. The van der Waals surface area contributed by atoms with Gasteiger partial charge in [0, 0.05) is 6.04 Å². The van der Waals surface area contributed by atoms with Crippen LogP contribution in [-0.4, -0.2) is 18.8 Å². The molecule has 0 bridgehead atoms. The van der Waals surface area contributed by atoms with Gasteiger partial charge in [-0.15, -0.1) is 0 Å². The van der Waals surface area contributed by atoms with Crippen LogP contribution in [0.4, 0.5) is 4.39 Å². The fourth-order valence-electron chi connectivity index (χ4n) is 1.30. The van der Waals surface area contributed by atoms with E-state index >= 15 is 0 Å². The first kappa shape index (κ1) is 7.00. The molecule has 0 aliphatic carbocycles. The molecule has 1 fully saturated rings. The number of alkyl halides is 1. The number of nitrogens with one attached hydrogen (secondary N) is 1. The van der Waals surface area contributed by atoms with Crippen molar-refractivity contribution < 1.29 is 4.39 Å². The second-order valence-corrected chi connectivity index (χ2v) is 2.63. The highest BCUT2D eigenvalue weighted by molar-refractivity contribution is 4.80. The smallest absolute Gasteiger partial charge is 0.115 e. The summed E-state index contributed by atoms with van der Waals surface area (Å²) in [6.07, 6.45) is 2.20.